The van der Waals surface area contributed by atoms with Crippen molar-refractivity contribution in [3.05, 3.63) is 29.8 Å². The minimum absolute atomic E-state index is 0.103. The summed E-state index contributed by atoms with van der Waals surface area (Å²) in [5, 5.41) is 8.45. The zero-order valence-corrected chi connectivity index (χ0v) is 17.9. The molecule has 30 heavy (non-hydrogen) atoms. The average molecular weight is 432 g/mol. The van der Waals surface area contributed by atoms with Gasteiger partial charge >= 0.3 is 0 Å². The smallest absolute Gasteiger partial charge is 0.238 e. The van der Waals surface area contributed by atoms with Gasteiger partial charge in [0, 0.05) is 32.7 Å². The molecule has 162 valence electrons. The fourth-order valence-electron chi connectivity index (χ4n) is 3.88. The van der Waals surface area contributed by atoms with Crippen LogP contribution in [-0.2, 0) is 16.6 Å². The standard InChI is InChI=1S/C20H29N7O2S/c21-30(28,29)17-9-7-16(8-10-17)15-22-18-23-19(26-11-3-1-4-12-26)25-20(24-18)27-13-5-2-6-14-27/h7-10H,1-6,11-15H2,(H2,21,28,29)(H,22,23,24,25). The lowest BCUT2D eigenvalue weighted by molar-refractivity contribution is 0.556. The normalized spacial score (nSPS) is 17.8. The van der Waals surface area contributed by atoms with Gasteiger partial charge in [-0.2, -0.15) is 15.0 Å². The van der Waals surface area contributed by atoms with Gasteiger partial charge in [-0.05, 0) is 56.2 Å². The molecule has 1 aromatic heterocycles. The maximum absolute atomic E-state index is 11.4. The fraction of sp³-hybridized carbons (Fsp3) is 0.550. The summed E-state index contributed by atoms with van der Waals surface area (Å²) in [7, 11) is -3.69. The number of piperidine rings is 2. The Hall–Kier alpha value is -2.46. The second-order valence-electron chi connectivity index (χ2n) is 7.90. The van der Waals surface area contributed by atoms with Crippen molar-refractivity contribution in [2.24, 2.45) is 5.14 Å². The minimum atomic E-state index is -3.69. The first-order chi connectivity index (χ1) is 14.5. The Morgan fingerprint density at radius 1 is 0.800 bits per heavy atom. The highest BCUT2D eigenvalue weighted by Crippen LogP contribution is 2.23. The van der Waals surface area contributed by atoms with E-state index < -0.39 is 10.0 Å². The number of benzene rings is 1. The minimum Gasteiger partial charge on any atom is -0.350 e. The van der Waals surface area contributed by atoms with Gasteiger partial charge in [0.2, 0.25) is 27.9 Å². The molecule has 2 aromatic rings. The van der Waals surface area contributed by atoms with E-state index in [0.29, 0.717) is 12.5 Å². The number of sulfonamides is 1. The fourth-order valence-corrected chi connectivity index (χ4v) is 4.40. The number of rotatable bonds is 6. The monoisotopic (exact) mass is 431 g/mol. The van der Waals surface area contributed by atoms with Gasteiger partial charge in [0.05, 0.1) is 4.90 Å². The zero-order valence-electron chi connectivity index (χ0n) is 17.1. The quantitative estimate of drug-likeness (QED) is 0.714. The van der Waals surface area contributed by atoms with Crippen molar-refractivity contribution in [1.82, 2.24) is 15.0 Å². The molecule has 9 nitrogen and oxygen atoms in total. The van der Waals surface area contributed by atoms with Crippen molar-refractivity contribution < 1.29 is 8.42 Å². The van der Waals surface area contributed by atoms with Crippen LogP contribution in [-0.4, -0.2) is 49.5 Å². The Balaban J connectivity index is 1.53. The van der Waals surface area contributed by atoms with E-state index in [4.69, 9.17) is 10.1 Å². The summed E-state index contributed by atoms with van der Waals surface area (Å²) in [5.41, 5.74) is 0.918. The molecule has 2 fully saturated rings. The number of hydrogen-bond donors (Lipinski definition) is 2. The molecule has 0 aliphatic carbocycles. The van der Waals surface area contributed by atoms with Crippen LogP contribution in [0.15, 0.2) is 29.2 Å². The summed E-state index contributed by atoms with van der Waals surface area (Å²) >= 11 is 0. The largest absolute Gasteiger partial charge is 0.350 e. The molecule has 0 saturated carbocycles. The number of hydrogen-bond acceptors (Lipinski definition) is 8. The second-order valence-corrected chi connectivity index (χ2v) is 9.46. The van der Waals surface area contributed by atoms with Gasteiger partial charge in [0.25, 0.3) is 0 Å². The van der Waals surface area contributed by atoms with Crippen molar-refractivity contribution >= 4 is 27.9 Å². The molecule has 2 aliphatic rings. The van der Waals surface area contributed by atoms with Crippen molar-refractivity contribution in [2.45, 2.75) is 50.0 Å². The summed E-state index contributed by atoms with van der Waals surface area (Å²) in [6.45, 7) is 4.36. The summed E-state index contributed by atoms with van der Waals surface area (Å²) < 4.78 is 22.8. The lowest BCUT2D eigenvalue weighted by Crippen LogP contribution is -2.34. The van der Waals surface area contributed by atoms with Crippen LogP contribution in [0.2, 0.25) is 0 Å². The van der Waals surface area contributed by atoms with Crippen LogP contribution >= 0.6 is 0 Å². The van der Waals surface area contributed by atoms with Crippen LogP contribution in [0.4, 0.5) is 17.8 Å². The van der Waals surface area contributed by atoms with Crippen molar-refractivity contribution in [3.8, 4) is 0 Å². The Bertz CT molecular complexity index is 917. The zero-order chi connectivity index (χ0) is 21.0. The van der Waals surface area contributed by atoms with Crippen LogP contribution in [0.5, 0.6) is 0 Å². The molecule has 0 radical (unpaired) electrons. The van der Waals surface area contributed by atoms with Crippen LogP contribution in [0, 0.1) is 0 Å². The van der Waals surface area contributed by atoms with E-state index in [1.54, 1.807) is 12.1 Å². The van der Waals surface area contributed by atoms with Gasteiger partial charge in [-0.1, -0.05) is 12.1 Å². The SMILES string of the molecule is NS(=O)(=O)c1ccc(CNc2nc(N3CCCCC3)nc(N3CCCCC3)n2)cc1. The van der Waals surface area contributed by atoms with E-state index in [9.17, 15) is 8.42 Å². The molecule has 3 N–H and O–H groups in total. The number of nitrogens with zero attached hydrogens (tertiary/aromatic N) is 5. The number of aromatic nitrogens is 3. The summed E-state index contributed by atoms with van der Waals surface area (Å²) in [5.74, 6) is 2.01. The molecule has 0 bridgehead atoms. The number of anilines is 3. The molecule has 1 aromatic carbocycles. The molecular weight excluding hydrogens is 402 g/mol. The van der Waals surface area contributed by atoms with Crippen molar-refractivity contribution in [3.63, 3.8) is 0 Å². The molecule has 2 saturated heterocycles. The molecular formula is C20H29N7O2S. The van der Waals surface area contributed by atoms with Crippen LogP contribution < -0.4 is 20.3 Å². The van der Waals surface area contributed by atoms with Gasteiger partial charge in [-0.15, -0.1) is 0 Å². The summed E-state index contributed by atoms with van der Waals surface area (Å²) in [4.78, 5) is 18.7. The third kappa shape index (κ3) is 5.17. The first-order valence-corrected chi connectivity index (χ1v) is 12.2. The molecule has 0 unspecified atom stereocenters. The van der Waals surface area contributed by atoms with Crippen molar-refractivity contribution in [1.29, 1.82) is 0 Å². The van der Waals surface area contributed by atoms with E-state index in [2.05, 4.69) is 25.1 Å². The maximum Gasteiger partial charge on any atom is 0.238 e. The molecule has 0 atom stereocenters. The van der Waals surface area contributed by atoms with Crippen LogP contribution in [0.3, 0.4) is 0 Å². The molecule has 4 rings (SSSR count). The highest BCUT2D eigenvalue weighted by molar-refractivity contribution is 7.89. The lowest BCUT2D eigenvalue weighted by Gasteiger charge is -2.30. The molecule has 10 heteroatoms. The predicted molar refractivity (Wildman–Crippen MR) is 117 cm³/mol. The highest BCUT2D eigenvalue weighted by atomic mass is 32.2. The van der Waals surface area contributed by atoms with Gasteiger partial charge in [-0.25, -0.2) is 13.6 Å². The summed E-state index contributed by atoms with van der Waals surface area (Å²) in [6.07, 6.45) is 7.13. The maximum atomic E-state index is 11.4. The van der Waals surface area contributed by atoms with E-state index in [-0.39, 0.29) is 4.90 Å². The lowest BCUT2D eigenvalue weighted by atomic mass is 10.1. The number of primary sulfonamides is 1. The summed E-state index contributed by atoms with van der Waals surface area (Å²) in [6, 6.07) is 6.51. The molecule has 3 heterocycles. The van der Waals surface area contributed by atoms with E-state index in [1.165, 1.54) is 25.0 Å². The number of nitrogens with one attached hydrogen (secondary N) is 1. The third-order valence-corrected chi connectivity index (χ3v) is 6.52. The Kier molecular flexibility index (Phi) is 6.33. The molecule has 2 aliphatic heterocycles. The van der Waals surface area contributed by atoms with E-state index in [0.717, 1.165) is 69.3 Å². The Labute approximate surface area is 177 Å². The highest BCUT2D eigenvalue weighted by Gasteiger charge is 2.20. The molecule has 0 amide bonds. The average Bonchev–Trinajstić information content (AvgIpc) is 2.78. The van der Waals surface area contributed by atoms with Gasteiger partial charge in [-0.3, -0.25) is 0 Å². The number of nitrogens with two attached hydrogens (primary N) is 1. The second kappa shape index (κ2) is 9.13. The van der Waals surface area contributed by atoms with Gasteiger partial charge in [0.15, 0.2) is 0 Å². The Morgan fingerprint density at radius 3 is 1.77 bits per heavy atom. The van der Waals surface area contributed by atoms with Crippen molar-refractivity contribution in [2.75, 3.05) is 41.3 Å². The third-order valence-electron chi connectivity index (χ3n) is 5.59. The molecule has 0 spiro atoms. The first kappa shape index (κ1) is 20.8. The van der Waals surface area contributed by atoms with E-state index in [1.807, 2.05) is 0 Å². The van der Waals surface area contributed by atoms with Crippen LogP contribution in [0.25, 0.3) is 0 Å². The van der Waals surface area contributed by atoms with Gasteiger partial charge < -0.3 is 15.1 Å². The van der Waals surface area contributed by atoms with E-state index >= 15 is 0 Å². The van der Waals surface area contributed by atoms with Crippen LogP contribution in [0.1, 0.15) is 44.1 Å². The Morgan fingerprint density at radius 2 is 1.30 bits per heavy atom. The topological polar surface area (TPSA) is 117 Å². The predicted octanol–water partition coefficient (Wildman–Crippen LogP) is 2.11. The first-order valence-electron chi connectivity index (χ1n) is 10.6. The van der Waals surface area contributed by atoms with Gasteiger partial charge in [0.1, 0.15) is 0 Å².